The van der Waals surface area contributed by atoms with E-state index in [4.69, 9.17) is 13.9 Å². The van der Waals surface area contributed by atoms with Gasteiger partial charge in [-0.05, 0) is 18.1 Å². The molecule has 1 N–H and O–H groups in total. The molecule has 0 aromatic carbocycles. The molecule has 2 aromatic rings. The molecule has 0 amide bonds. The van der Waals surface area contributed by atoms with Gasteiger partial charge in [-0.3, -0.25) is 4.79 Å². The Labute approximate surface area is 110 Å². The molecule has 2 heterocycles. The molecule has 0 aliphatic carbocycles. The van der Waals surface area contributed by atoms with Crippen LogP contribution in [0.2, 0.25) is 0 Å². The number of carboxylic acids is 1. The molecule has 102 valence electrons. The van der Waals surface area contributed by atoms with Gasteiger partial charge >= 0.3 is 5.97 Å². The Morgan fingerprint density at radius 3 is 2.79 bits per heavy atom. The smallest absolute Gasteiger partial charge is 0.303 e. The quantitative estimate of drug-likeness (QED) is 0.862. The number of nitrogens with zero attached hydrogens (tertiary/aromatic N) is 2. The third kappa shape index (κ3) is 3.43. The summed E-state index contributed by atoms with van der Waals surface area (Å²) in [5.41, 5.74) is 0. The van der Waals surface area contributed by atoms with Gasteiger partial charge in [-0.15, -0.1) is 10.2 Å². The fourth-order valence-corrected chi connectivity index (χ4v) is 1.79. The zero-order chi connectivity index (χ0) is 13.8. The van der Waals surface area contributed by atoms with Crippen LogP contribution in [-0.2, 0) is 17.6 Å². The van der Waals surface area contributed by atoms with Gasteiger partial charge in [-0.2, -0.15) is 0 Å². The lowest BCUT2D eigenvalue weighted by Crippen LogP contribution is -2.07. The molecule has 19 heavy (non-hydrogen) atoms. The lowest BCUT2D eigenvalue weighted by Gasteiger charge is -2.03. The van der Waals surface area contributed by atoms with Crippen molar-refractivity contribution in [1.82, 2.24) is 10.2 Å². The number of carbonyl (C=O) groups is 1. The van der Waals surface area contributed by atoms with Crippen LogP contribution in [0.15, 0.2) is 21.0 Å². The van der Waals surface area contributed by atoms with Crippen molar-refractivity contribution in [3.8, 4) is 11.7 Å². The van der Waals surface area contributed by atoms with Gasteiger partial charge in [0.15, 0.2) is 5.76 Å². The molecule has 0 saturated heterocycles. The lowest BCUT2D eigenvalue weighted by molar-refractivity contribution is -0.137. The van der Waals surface area contributed by atoms with Crippen molar-refractivity contribution >= 4 is 5.97 Å². The summed E-state index contributed by atoms with van der Waals surface area (Å²) in [6.45, 7) is 3.83. The van der Waals surface area contributed by atoms with Gasteiger partial charge in [0.2, 0.25) is 5.89 Å². The van der Waals surface area contributed by atoms with Gasteiger partial charge in [0, 0.05) is 19.3 Å². The number of aryl methyl sites for hydroxylation is 1. The van der Waals surface area contributed by atoms with Crippen molar-refractivity contribution in [1.29, 1.82) is 0 Å². The van der Waals surface area contributed by atoms with Crippen LogP contribution in [0, 0.1) is 5.92 Å². The Morgan fingerprint density at radius 1 is 1.37 bits per heavy atom. The van der Waals surface area contributed by atoms with Crippen molar-refractivity contribution < 1.29 is 18.7 Å². The van der Waals surface area contributed by atoms with E-state index in [-0.39, 0.29) is 12.3 Å². The molecular formula is C13H16N2O4. The van der Waals surface area contributed by atoms with E-state index in [0.717, 1.165) is 12.2 Å². The van der Waals surface area contributed by atoms with Gasteiger partial charge in [-0.25, -0.2) is 0 Å². The minimum atomic E-state index is -0.828. The lowest BCUT2D eigenvalue weighted by atomic mass is 10.0. The average Bonchev–Trinajstić information content (AvgIpc) is 2.95. The van der Waals surface area contributed by atoms with Crippen molar-refractivity contribution in [2.45, 2.75) is 33.1 Å². The van der Waals surface area contributed by atoms with Crippen molar-refractivity contribution in [2.75, 3.05) is 0 Å². The number of furan rings is 1. The Morgan fingerprint density at radius 2 is 2.16 bits per heavy atom. The van der Waals surface area contributed by atoms with Crippen molar-refractivity contribution in [3.63, 3.8) is 0 Å². The molecule has 0 saturated carbocycles. The molecule has 6 heteroatoms. The summed E-state index contributed by atoms with van der Waals surface area (Å²) in [5, 5.41) is 16.5. The molecule has 6 nitrogen and oxygen atoms in total. The number of hydrogen-bond donors (Lipinski definition) is 1. The van der Waals surface area contributed by atoms with Crippen LogP contribution in [0.25, 0.3) is 11.7 Å². The van der Waals surface area contributed by atoms with Gasteiger partial charge in [0.05, 0.1) is 0 Å². The topological polar surface area (TPSA) is 89.4 Å². The minimum Gasteiger partial charge on any atom is -0.481 e. The first-order valence-corrected chi connectivity index (χ1v) is 6.21. The Hall–Kier alpha value is -2.11. The second kappa shape index (κ2) is 5.69. The highest BCUT2D eigenvalue weighted by Gasteiger charge is 2.16. The second-order valence-corrected chi connectivity index (χ2v) is 4.53. The maximum Gasteiger partial charge on any atom is 0.303 e. The Kier molecular flexibility index (Phi) is 3.99. The molecule has 1 unspecified atom stereocenters. The third-order valence-corrected chi connectivity index (χ3v) is 2.73. The number of aromatic nitrogens is 2. The molecule has 0 aliphatic heterocycles. The molecular weight excluding hydrogens is 248 g/mol. The number of rotatable bonds is 6. The van der Waals surface area contributed by atoms with Crippen molar-refractivity contribution in [3.05, 3.63) is 23.8 Å². The van der Waals surface area contributed by atoms with Crippen LogP contribution in [-0.4, -0.2) is 21.3 Å². The molecule has 2 aromatic heterocycles. The van der Waals surface area contributed by atoms with Crippen LogP contribution >= 0.6 is 0 Å². The summed E-state index contributed by atoms with van der Waals surface area (Å²) in [5.74, 6) is 1.28. The number of aliphatic carboxylic acids is 1. The predicted octanol–water partition coefficient (Wildman–Crippen LogP) is 2.55. The van der Waals surface area contributed by atoms with E-state index in [1.165, 1.54) is 0 Å². The summed E-state index contributed by atoms with van der Waals surface area (Å²) >= 11 is 0. The van der Waals surface area contributed by atoms with E-state index >= 15 is 0 Å². The molecule has 0 radical (unpaired) electrons. The fraction of sp³-hybridized carbons (Fsp3) is 0.462. The average molecular weight is 264 g/mol. The van der Waals surface area contributed by atoms with E-state index in [1.54, 1.807) is 6.07 Å². The standard InChI is InChI=1S/C13H16N2O4/c1-3-9-4-5-10(18-9)13-15-14-11(19-13)6-8(2)7-12(16)17/h4-5,8H,3,6-7H2,1-2H3,(H,16,17). The van der Waals surface area contributed by atoms with Crippen LogP contribution < -0.4 is 0 Å². The van der Waals surface area contributed by atoms with E-state index in [9.17, 15) is 4.79 Å². The van der Waals surface area contributed by atoms with Gasteiger partial charge < -0.3 is 13.9 Å². The van der Waals surface area contributed by atoms with Gasteiger partial charge in [-0.1, -0.05) is 13.8 Å². The first kappa shape index (κ1) is 13.3. The van der Waals surface area contributed by atoms with Gasteiger partial charge in [0.1, 0.15) is 5.76 Å². The molecule has 1 atom stereocenters. The summed E-state index contributed by atoms with van der Waals surface area (Å²) in [4.78, 5) is 10.6. The molecule has 0 bridgehead atoms. The van der Waals surface area contributed by atoms with E-state index in [0.29, 0.717) is 24.0 Å². The first-order valence-electron chi connectivity index (χ1n) is 6.21. The predicted molar refractivity (Wildman–Crippen MR) is 66.5 cm³/mol. The summed E-state index contributed by atoms with van der Waals surface area (Å²) < 4.78 is 11.0. The maximum absolute atomic E-state index is 10.6. The zero-order valence-corrected chi connectivity index (χ0v) is 10.9. The summed E-state index contributed by atoms with van der Waals surface area (Å²) in [6.07, 6.45) is 1.33. The zero-order valence-electron chi connectivity index (χ0n) is 10.9. The second-order valence-electron chi connectivity index (χ2n) is 4.53. The molecule has 0 spiro atoms. The number of carboxylic acid groups (broad SMARTS) is 1. The van der Waals surface area contributed by atoms with Crippen LogP contribution in [0.5, 0.6) is 0 Å². The SMILES string of the molecule is CCc1ccc(-c2nnc(CC(C)CC(=O)O)o2)o1. The van der Waals surface area contributed by atoms with Crippen LogP contribution in [0.3, 0.4) is 0 Å². The van der Waals surface area contributed by atoms with Crippen molar-refractivity contribution in [2.24, 2.45) is 5.92 Å². The van der Waals surface area contributed by atoms with Gasteiger partial charge in [0.25, 0.3) is 5.89 Å². The van der Waals surface area contributed by atoms with E-state index in [1.807, 2.05) is 19.9 Å². The summed E-state index contributed by atoms with van der Waals surface area (Å²) in [6, 6.07) is 3.66. The Balaban J connectivity index is 2.04. The van der Waals surface area contributed by atoms with E-state index in [2.05, 4.69) is 10.2 Å². The highest BCUT2D eigenvalue weighted by Crippen LogP contribution is 2.22. The largest absolute Gasteiger partial charge is 0.481 e. The normalized spacial score (nSPS) is 12.5. The van der Waals surface area contributed by atoms with Crippen LogP contribution in [0.1, 0.15) is 31.9 Å². The maximum atomic E-state index is 10.6. The third-order valence-electron chi connectivity index (χ3n) is 2.73. The number of hydrogen-bond acceptors (Lipinski definition) is 5. The fourth-order valence-electron chi connectivity index (χ4n) is 1.79. The highest BCUT2D eigenvalue weighted by molar-refractivity contribution is 5.66. The minimum absolute atomic E-state index is 0.0476. The monoisotopic (exact) mass is 264 g/mol. The van der Waals surface area contributed by atoms with Crippen LogP contribution in [0.4, 0.5) is 0 Å². The molecule has 0 aliphatic rings. The highest BCUT2D eigenvalue weighted by atomic mass is 16.4. The molecule has 2 rings (SSSR count). The molecule has 0 fully saturated rings. The van der Waals surface area contributed by atoms with E-state index < -0.39 is 5.97 Å². The first-order chi connectivity index (χ1) is 9.08. The summed E-state index contributed by atoms with van der Waals surface area (Å²) in [7, 11) is 0. The Bertz CT molecular complexity index is 558.